The van der Waals surface area contributed by atoms with Crippen molar-refractivity contribution >= 4 is 43.3 Å². The number of alkyl halides is 2. The average Bonchev–Trinajstić information content (AvgIpc) is 2.15. The van der Waals surface area contributed by atoms with Gasteiger partial charge in [-0.2, -0.15) is 0 Å². The molecule has 0 amide bonds. The fourth-order valence-electron chi connectivity index (χ4n) is 1.16. The van der Waals surface area contributed by atoms with E-state index >= 15 is 0 Å². The summed E-state index contributed by atoms with van der Waals surface area (Å²) in [5.74, 6) is 0.0211. The number of carbonyl (C=O) groups excluding carboxylic acids is 1. The molecule has 0 aliphatic carbocycles. The molecule has 0 spiro atoms. The maximum atomic E-state index is 11.8. The van der Waals surface area contributed by atoms with Crippen LogP contribution < -0.4 is 4.90 Å². The first-order valence-corrected chi connectivity index (χ1v) is 6.11. The highest BCUT2D eigenvalue weighted by Crippen LogP contribution is 2.30. The molecule has 0 aromatic heterocycles. The Morgan fingerprint density at radius 1 is 1.20 bits per heavy atom. The van der Waals surface area contributed by atoms with Crippen LogP contribution in [0.1, 0.15) is 17.3 Å². The minimum atomic E-state index is -0.681. The molecule has 0 unspecified atom stereocenters. The van der Waals surface area contributed by atoms with Gasteiger partial charge in [-0.05, 0) is 31.2 Å². The number of halogens is 2. The van der Waals surface area contributed by atoms with Crippen LogP contribution in [0, 0.1) is 0 Å². The van der Waals surface area contributed by atoms with Crippen molar-refractivity contribution < 1.29 is 4.79 Å². The zero-order valence-corrected chi connectivity index (χ0v) is 12.1. The summed E-state index contributed by atoms with van der Waals surface area (Å²) >= 11 is 6.57. The van der Waals surface area contributed by atoms with Crippen molar-refractivity contribution in [1.82, 2.24) is 0 Å². The van der Waals surface area contributed by atoms with Gasteiger partial charge in [0.2, 0.25) is 0 Å². The highest BCUT2D eigenvalue weighted by molar-refractivity contribution is 9.25. The van der Waals surface area contributed by atoms with Crippen molar-refractivity contribution in [2.24, 2.45) is 0 Å². The Labute approximate surface area is 107 Å². The van der Waals surface area contributed by atoms with E-state index in [0.29, 0.717) is 5.56 Å². The van der Waals surface area contributed by atoms with Crippen LogP contribution in [0.15, 0.2) is 24.3 Å². The first kappa shape index (κ1) is 12.7. The topological polar surface area (TPSA) is 20.3 Å². The third-order valence-corrected chi connectivity index (χ3v) is 2.76. The Bertz CT molecular complexity index is 352. The molecular formula is C11H13Br2NO. The van der Waals surface area contributed by atoms with Crippen molar-refractivity contribution in [3.8, 4) is 0 Å². The van der Waals surface area contributed by atoms with Crippen LogP contribution in [0.4, 0.5) is 5.69 Å². The van der Waals surface area contributed by atoms with E-state index in [1.54, 1.807) is 6.92 Å². The van der Waals surface area contributed by atoms with E-state index in [1.165, 1.54) is 0 Å². The monoisotopic (exact) mass is 333 g/mol. The molecule has 1 aromatic rings. The smallest absolute Gasteiger partial charge is 0.189 e. The van der Waals surface area contributed by atoms with Crippen molar-refractivity contribution in [3.63, 3.8) is 0 Å². The lowest BCUT2D eigenvalue weighted by atomic mass is 10.1. The molecule has 0 aliphatic heterocycles. The second kappa shape index (κ2) is 4.66. The number of rotatable bonds is 3. The molecule has 1 rings (SSSR count). The van der Waals surface area contributed by atoms with E-state index in [2.05, 4.69) is 31.9 Å². The van der Waals surface area contributed by atoms with Crippen LogP contribution in [0.3, 0.4) is 0 Å². The molecule has 0 N–H and O–H groups in total. The number of hydrogen-bond donors (Lipinski definition) is 0. The number of ketones is 1. The normalized spacial score (nSPS) is 11.3. The molecule has 0 radical (unpaired) electrons. The highest BCUT2D eigenvalue weighted by Gasteiger charge is 2.26. The summed E-state index contributed by atoms with van der Waals surface area (Å²) in [5.41, 5.74) is 1.77. The van der Waals surface area contributed by atoms with Gasteiger partial charge < -0.3 is 4.90 Å². The van der Waals surface area contributed by atoms with Gasteiger partial charge in [0.05, 0.1) is 0 Å². The zero-order valence-electron chi connectivity index (χ0n) is 8.92. The summed E-state index contributed by atoms with van der Waals surface area (Å²) in [5, 5.41) is 0. The SMILES string of the molecule is CN(C)c1ccc(C(=O)C(C)(Br)Br)cc1. The fraction of sp³-hybridized carbons (Fsp3) is 0.364. The summed E-state index contributed by atoms with van der Waals surface area (Å²) in [6.45, 7) is 1.77. The molecule has 0 aliphatic rings. The first-order valence-electron chi connectivity index (χ1n) is 4.52. The standard InChI is InChI=1S/C11H13Br2NO/c1-11(12,13)10(15)8-4-6-9(7-5-8)14(2)3/h4-7H,1-3H3. The predicted molar refractivity (Wildman–Crippen MR) is 71.4 cm³/mol. The molecular weight excluding hydrogens is 322 g/mol. The van der Waals surface area contributed by atoms with Gasteiger partial charge in [-0.1, -0.05) is 31.9 Å². The fourth-order valence-corrected chi connectivity index (χ4v) is 1.62. The van der Waals surface area contributed by atoms with Gasteiger partial charge >= 0.3 is 0 Å². The van der Waals surface area contributed by atoms with E-state index in [9.17, 15) is 4.79 Å². The molecule has 0 saturated heterocycles. The number of anilines is 1. The van der Waals surface area contributed by atoms with Crippen LogP contribution in [0.5, 0.6) is 0 Å². The van der Waals surface area contributed by atoms with Gasteiger partial charge in [0.25, 0.3) is 0 Å². The van der Waals surface area contributed by atoms with Crippen molar-refractivity contribution in [2.45, 2.75) is 10.2 Å². The Morgan fingerprint density at radius 3 is 2.00 bits per heavy atom. The molecule has 0 heterocycles. The zero-order chi connectivity index (χ0) is 11.6. The maximum absolute atomic E-state index is 11.8. The number of benzene rings is 1. The van der Waals surface area contributed by atoms with Gasteiger partial charge in [-0.25, -0.2) is 0 Å². The Morgan fingerprint density at radius 2 is 1.67 bits per heavy atom. The highest BCUT2D eigenvalue weighted by atomic mass is 79.9. The second-order valence-corrected chi connectivity index (χ2v) is 7.89. The molecule has 0 saturated carbocycles. The molecule has 2 nitrogen and oxygen atoms in total. The minimum absolute atomic E-state index is 0.0211. The van der Waals surface area contributed by atoms with Gasteiger partial charge in [-0.15, -0.1) is 0 Å². The summed E-state index contributed by atoms with van der Waals surface area (Å²) < 4.78 is -0.681. The second-order valence-electron chi connectivity index (χ2n) is 3.66. The first-order chi connectivity index (χ1) is 6.82. The van der Waals surface area contributed by atoms with E-state index in [-0.39, 0.29) is 5.78 Å². The quantitative estimate of drug-likeness (QED) is 0.623. The molecule has 0 atom stereocenters. The Hall–Kier alpha value is -0.350. The molecule has 82 valence electrons. The van der Waals surface area contributed by atoms with Gasteiger partial charge in [0.15, 0.2) is 5.78 Å². The molecule has 4 heteroatoms. The summed E-state index contributed by atoms with van der Waals surface area (Å²) in [7, 11) is 3.94. The average molecular weight is 335 g/mol. The third-order valence-electron chi connectivity index (χ3n) is 2.04. The molecule has 1 aromatic carbocycles. The van der Waals surface area contributed by atoms with E-state index < -0.39 is 3.23 Å². The van der Waals surface area contributed by atoms with Gasteiger partial charge in [0.1, 0.15) is 3.23 Å². The van der Waals surface area contributed by atoms with Crippen LogP contribution in [-0.4, -0.2) is 23.1 Å². The van der Waals surface area contributed by atoms with E-state index in [4.69, 9.17) is 0 Å². The lowest BCUT2D eigenvalue weighted by Crippen LogP contribution is -2.20. The summed E-state index contributed by atoms with van der Waals surface area (Å²) in [4.78, 5) is 13.8. The number of hydrogen-bond acceptors (Lipinski definition) is 2. The van der Waals surface area contributed by atoms with Crippen molar-refractivity contribution in [2.75, 3.05) is 19.0 Å². The van der Waals surface area contributed by atoms with Gasteiger partial charge in [0, 0.05) is 25.3 Å². The molecule has 0 fully saturated rings. The maximum Gasteiger partial charge on any atom is 0.189 e. The summed E-state index contributed by atoms with van der Waals surface area (Å²) in [6, 6.07) is 7.52. The largest absolute Gasteiger partial charge is 0.378 e. The van der Waals surface area contributed by atoms with Crippen LogP contribution in [0.25, 0.3) is 0 Å². The minimum Gasteiger partial charge on any atom is -0.378 e. The van der Waals surface area contributed by atoms with E-state index in [1.807, 2.05) is 43.3 Å². The number of Topliss-reactive ketones (excluding diaryl/α,β-unsaturated/α-hetero) is 1. The van der Waals surface area contributed by atoms with Crippen LogP contribution in [-0.2, 0) is 0 Å². The number of carbonyl (C=O) groups is 1. The van der Waals surface area contributed by atoms with Crippen LogP contribution >= 0.6 is 31.9 Å². The lowest BCUT2D eigenvalue weighted by Gasteiger charge is -2.15. The van der Waals surface area contributed by atoms with E-state index in [0.717, 1.165) is 5.69 Å². The third kappa shape index (κ3) is 3.31. The number of nitrogens with zero attached hydrogens (tertiary/aromatic N) is 1. The van der Waals surface area contributed by atoms with Crippen molar-refractivity contribution in [3.05, 3.63) is 29.8 Å². The predicted octanol–water partition coefficient (Wildman–Crippen LogP) is 3.44. The lowest BCUT2D eigenvalue weighted by molar-refractivity contribution is 0.0988. The molecule has 15 heavy (non-hydrogen) atoms. The van der Waals surface area contributed by atoms with Crippen molar-refractivity contribution in [1.29, 1.82) is 0 Å². The summed E-state index contributed by atoms with van der Waals surface area (Å²) in [6.07, 6.45) is 0. The van der Waals surface area contributed by atoms with Crippen LogP contribution in [0.2, 0.25) is 0 Å². The van der Waals surface area contributed by atoms with Gasteiger partial charge in [-0.3, -0.25) is 4.79 Å². The molecule has 0 bridgehead atoms. The Balaban J connectivity index is 2.95. The Kier molecular flexibility index (Phi) is 3.95.